The molecular formula is C18H24N2O5S2. The van der Waals surface area contributed by atoms with Gasteiger partial charge in [-0.25, -0.2) is 13.2 Å². The van der Waals surface area contributed by atoms with Crippen molar-refractivity contribution in [1.29, 1.82) is 0 Å². The second-order valence-electron chi connectivity index (χ2n) is 8.40. The van der Waals surface area contributed by atoms with Crippen LogP contribution in [-0.2, 0) is 20.7 Å². The number of aromatic nitrogens is 2. The van der Waals surface area contributed by atoms with E-state index in [1.54, 1.807) is 12.1 Å². The van der Waals surface area contributed by atoms with E-state index in [9.17, 15) is 18.3 Å². The highest BCUT2D eigenvalue weighted by Crippen LogP contribution is 2.41. The van der Waals surface area contributed by atoms with E-state index in [0.29, 0.717) is 22.5 Å². The molecular weight excluding hydrogens is 388 g/mol. The Hall–Kier alpha value is -2.00. The zero-order valence-electron chi connectivity index (χ0n) is 16.4. The second-order valence-corrected chi connectivity index (χ2v) is 11.6. The zero-order chi connectivity index (χ0) is 20.8. The Morgan fingerprint density at radius 1 is 1.04 bits per heavy atom. The van der Waals surface area contributed by atoms with E-state index in [1.807, 2.05) is 41.5 Å². The number of hydrogen-bond donors (Lipinski definition) is 1. The lowest BCUT2D eigenvalue weighted by molar-refractivity contribution is 0.0732. The van der Waals surface area contributed by atoms with Crippen molar-refractivity contribution < 1.29 is 23.1 Å². The maximum Gasteiger partial charge on any atom is 0.374 e. The number of aromatic hydroxyl groups is 1. The molecule has 2 rings (SSSR count). The van der Waals surface area contributed by atoms with Crippen LogP contribution in [0.2, 0.25) is 0 Å². The first kappa shape index (κ1) is 21.3. The summed E-state index contributed by atoms with van der Waals surface area (Å²) in [6.07, 6.45) is 0.994. The van der Waals surface area contributed by atoms with Crippen molar-refractivity contribution in [2.75, 3.05) is 6.26 Å². The van der Waals surface area contributed by atoms with Crippen molar-refractivity contribution >= 4 is 27.1 Å². The third-order valence-corrected chi connectivity index (χ3v) is 6.38. The maximum atomic E-state index is 12.4. The predicted octanol–water partition coefficient (Wildman–Crippen LogP) is 3.46. The van der Waals surface area contributed by atoms with Crippen molar-refractivity contribution in [3.63, 3.8) is 0 Å². The van der Waals surface area contributed by atoms with Gasteiger partial charge in [-0.3, -0.25) is 0 Å². The first-order chi connectivity index (χ1) is 12.1. The van der Waals surface area contributed by atoms with Crippen molar-refractivity contribution in [2.24, 2.45) is 0 Å². The number of ether oxygens (including phenoxy) is 1. The molecule has 0 fully saturated rings. The van der Waals surface area contributed by atoms with Crippen LogP contribution in [0.3, 0.4) is 0 Å². The molecule has 1 N–H and O–H groups in total. The Bertz CT molecular complexity index is 945. The van der Waals surface area contributed by atoms with Gasteiger partial charge in [-0.1, -0.05) is 52.9 Å². The monoisotopic (exact) mass is 412 g/mol. The van der Waals surface area contributed by atoms with Gasteiger partial charge in [0.2, 0.25) is 19.2 Å². The van der Waals surface area contributed by atoms with Crippen LogP contribution >= 0.6 is 11.3 Å². The van der Waals surface area contributed by atoms with E-state index < -0.39 is 15.8 Å². The average molecular weight is 413 g/mol. The van der Waals surface area contributed by atoms with Gasteiger partial charge in [0.1, 0.15) is 11.5 Å². The number of phenols is 1. The number of nitrogens with zero attached hydrogens (tertiary/aromatic N) is 2. The summed E-state index contributed by atoms with van der Waals surface area (Å²) in [5.74, 6) is -0.373. The van der Waals surface area contributed by atoms with Crippen LogP contribution in [0.1, 0.15) is 62.5 Å². The third kappa shape index (κ3) is 4.84. The summed E-state index contributed by atoms with van der Waals surface area (Å²) >= 11 is 0.656. The molecule has 2 aromatic rings. The fraction of sp³-hybridized carbons (Fsp3) is 0.500. The highest BCUT2D eigenvalue weighted by atomic mass is 32.2. The minimum atomic E-state index is -3.54. The molecule has 148 valence electrons. The van der Waals surface area contributed by atoms with Crippen LogP contribution < -0.4 is 4.74 Å². The van der Waals surface area contributed by atoms with Gasteiger partial charge in [-0.2, -0.15) is 0 Å². The summed E-state index contributed by atoms with van der Waals surface area (Å²) < 4.78 is 28.2. The van der Waals surface area contributed by atoms with E-state index >= 15 is 0 Å². The Morgan fingerprint density at radius 3 is 1.89 bits per heavy atom. The molecule has 0 saturated heterocycles. The molecule has 0 bridgehead atoms. The molecule has 0 radical (unpaired) electrons. The van der Waals surface area contributed by atoms with E-state index in [-0.39, 0.29) is 31.7 Å². The molecule has 0 spiro atoms. The van der Waals surface area contributed by atoms with Gasteiger partial charge in [-0.15, -0.1) is 10.2 Å². The highest BCUT2D eigenvalue weighted by molar-refractivity contribution is 7.92. The molecule has 0 aliphatic heterocycles. The number of carbonyl (C=O) groups excluding carboxylic acids is 1. The minimum absolute atomic E-state index is 0.155. The standard InChI is InChI=1S/C18H24N2O5S2/c1-17(2,3)11-8-10(9-12(13(11)21)18(4,5)6)25-15(22)14-19-20-16(26-14)27(7,23)24/h8-9,21H,1-7H3. The van der Waals surface area contributed by atoms with E-state index in [2.05, 4.69) is 10.2 Å². The van der Waals surface area contributed by atoms with Crippen molar-refractivity contribution in [2.45, 2.75) is 56.7 Å². The van der Waals surface area contributed by atoms with Crippen molar-refractivity contribution in [3.05, 3.63) is 28.3 Å². The van der Waals surface area contributed by atoms with Gasteiger partial charge < -0.3 is 9.84 Å². The topological polar surface area (TPSA) is 106 Å². The Kier molecular flexibility index (Phi) is 5.42. The Labute approximate surface area is 163 Å². The number of carbonyl (C=O) groups is 1. The molecule has 1 heterocycles. The molecule has 7 nitrogen and oxygen atoms in total. The lowest BCUT2D eigenvalue weighted by Crippen LogP contribution is -2.18. The Morgan fingerprint density at radius 2 is 1.52 bits per heavy atom. The molecule has 0 saturated carbocycles. The van der Waals surface area contributed by atoms with Gasteiger partial charge in [0.05, 0.1) is 0 Å². The third-order valence-electron chi connectivity index (χ3n) is 3.81. The summed E-state index contributed by atoms with van der Waals surface area (Å²) in [4.78, 5) is 12.4. The van der Waals surface area contributed by atoms with Gasteiger partial charge >= 0.3 is 5.97 Å². The lowest BCUT2D eigenvalue weighted by atomic mass is 9.79. The van der Waals surface area contributed by atoms with Crippen LogP contribution in [0.5, 0.6) is 11.5 Å². The van der Waals surface area contributed by atoms with E-state index in [1.165, 1.54) is 0 Å². The van der Waals surface area contributed by atoms with Crippen LogP contribution in [0, 0.1) is 0 Å². The second kappa shape index (κ2) is 6.87. The largest absolute Gasteiger partial charge is 0.507 e. The Balaban J connectivity index is 2.46. The van der Waals surface area contributed by atoms with Crippen molar-refractivity contribution in [1.82, 2.24) is 10.2 Å². The number of hydrogen-bond acceptors (Lipinski definition) is 8. The van der Waals surface area contributed by atoms with Gasteiger partial charge in [0, 0.05) is 17.4 Å². The quantitative estimate of drug-likeness (QED) is 0.608. The number of rotatable bonds is 3. The first-order valence-corrected chi connectivity index (χ1v) is 10.9. The smallest absolute Gasteiger partial charge is 0.374 e. The van der Waals surface area contributed by atoms with E-state index in [0.717, 1.165) is 6.26 Å². The molecule has 27 heavy (non-hydrogen) atoms. The summed E-state index contributed by atoms with van der Waals surface area (Å²) in [6, 6.07) is 3.22. The summed E-state index contributed by atoms with van der Waals surface area (Å²) in [6.45, 7) is 11.7. The van der Waals surface area contributed by atoms with Gasteiger partial charge in [0.25, 0.3) is 0 Å². The molecule has 0 aliphatic carbocycles. The average Bonchev–Trinajstić information content (AvgIpc) is 2.96. The first-order valence-electron chi connectivity index (χ1n) is 8.24. The summed E-state index contributed by atoms with van der Waals surface area (Å²) in [5.41, 5.74) is 0.538. The zero-order valence-corrected chi connectivity index (χ0v) is 18.1. The van der Waals surface area contributed by atoms with Crippen molar-refractivity contribution in [3.8, 4) is 11.5 Å². The van der Waals surface area contributed by atoms with E-state index in [4.69, 9.17) is 4.74 Å². The van der Waals surface area contributed by atoms with Crippen LogP contribution in [0.25, 0.3) is 0 Å². The lowest BCUT2D eigenvalue weighted by Gasteiger charge is -2.27. The fourth-order valence-corrected chi connectivity index (χ4v) is 3.89. The minimum Gasteiger partial charge on any atom is -0.507 e. The molecule has 0 atom stereocenters. The maximum absolute atomic E-state index is 12.4. The summed E-state index contributed by atoms with van der Waals surface area (Å²) in [5, 5.41) is 17.7. The van der Waals surface area contributed by atoms with Gasteiger partial charge in [0.15, 0.2) is 0 Å². The highest BCUT2D eigenvalue weighted by Gasteiger charge is 2.28. The molecule has 0 unspecified atom stereocenters. The molecule has 1 aromatic carbocycles. The normalized spacial score (nSPS) is 12.9. The SMILES string of the molecule is CC(C)(C)c1cc(OC(=O)c2nnc(S(C)(=O)=O)s2)cc(C(C)(C)C)c1O. The van der Waals surface area contributed by atoms with Crippen LogP contribution in [0.15, 0.2) is 16.5 Å². The molecule has 0 aliphatic rings. The molecule has 0 amide bonds. The fourth-order valence-electron chi connectivity index (χ4n) is 2.40. The molecule has 1 aromatic heterocycles. The van der Waals surface area contributed by atoms with Crippen LogP contribution in [-0.4, -0.2) is 35.9 Å². The predicted molar refractivity (Wildman–Crippen MR) is 103 cm³/mol. The summed E-state index contributed by atoms with van der Waals surface area (Å²) in [7, 11) is -3.54. The number of phenolic OH excluding ortho intramolecular Hbond substituents is 1. The number of sulfone groups is 1. The number of esters is 1. The number of benzene rings is 1. The van der Waals surface area contributed by atoms with Gasteiger partial charge in [-0.05, 0) is 23.0 Å². The molecule has 9 heteroatoms. The van der Waals surface area contributed by atoms with Crippen LogP contribution in [0.4, 0.5) is 0 Å².